The highest BCUT2D eigenvalue weighted by atomic mass is 16.6. The summed E-state index contributed by atoms with van der Waals surface area (Å²) >= 11 is 0. The van der Waals surface area contributed by atoms with Gasteiger partial charge in [-0.05, 0) is 42.7 Å². The number of aliphatic hydroxyl groups is 1. The average Bonchev–Trinajstić information content (AvgIpc) is 3.41. The number of ketones is 1. The maximum Gasteiger partial charge on any atom is 0.302 e. The fraction of sp³-hybridized carbons (Fsp3) is 0.774. The van der Waals surface area contributed by atoms with Crippen molar-refractivity contribution in [3.05, 3.63) is 24.2 Å². The number of epoxide rings is 1. The molecule has 8 nitrogen and oxygen atoms in total. The topological polar surface area (TPSA) is 116 Å². The number of carbonyl (C=O) groups excluding carboxylic acids is 3. The Balaban J connectivity index is 1.49. The molecule has 2 heterocycles. The third-order valence-corrected chi connectivity index (χ3v) is 12.5. The Hall–Kier alpha value is -2.19. The van der Waals surface area contributed by atoms with Crippen LogP contribution in [0.3, 0.4) is 0 Å². The van der Waals surface area contributed by atoms with E-state index in [-0.39, 0.29) is 40.9 Å². The number of carbonyl (C=O) groups is 3. The van der Waals surface area contributed by atoms with Crippen LogP contribution in [0.2, 0.25) is 0 Å². The van der Waals surface area contributed by atoms with Crippen molar-refractivity contribution in [2.45, 2.75) is 117 Å². The second-order valence-electron chi connectivity index (χ2n) is 14.2. The van der Waals surface area contributed by atoms with Gasteiger partial charge >= 0.3 is 11.9 Å². The Bertz CT molecular complexity index is 1210. The monoisotopic (exact) mass is 542 g/mol. The highest BCUT2D eigenvalue weighted by Crippen LogP contribution is 2.80. The molecule has 1 N–H and O–H groups in total. The summed E-state index contributed by atoms with van der Waals surface area (Å²) < 4.78 is 23.9. The molecule has 0 radical (unpaired) electrons. The molecule has 0 bridgehead atoms. The van der Waals surface area contributed by atoms with Gasteiger partial charge in [-0.3, -0.25) is 14.4 Å². The fourth-order valence-electron chi connectivity index (χ4n) is 10.7. The Labute approximate surface area is 230 Å². The summed E-state index contributed by atoms with van der Waals surface area (Å²) in [6.07, 6.45) is 3.95. The van der Waals surface area contributed by atoms with E-state index in [2.05, 4.69) is 34.6 Å². The van der Waals surface area contributed by atoms with Gasteiger partial charge in [0.1, 0.15) is 23.9 Å². The lowest BCUT2D eigenvalue weighted by molar-refractivity contribution is -0.289. The molecule has 214 valence electrons. The number of rotatable bonds is 3. The van der Waals surface area contributed by atoms with Crippen LogP contribution in [0.4, 0.5) is 0 Å². The first-order valence-electron chi connectivity index (χ1n) is 14.4. The van der Waals surface area contributed by atoms with Crippen LogP contribution in [0.5, 0.6) is 0 Å². The summed E-state index contributed by atoms with van der Waals surface area (Å²) in [7, 11) is 0. The minimum atomic E-state index is -0.828. The van der Waals surface area contributed by atoms with Crippen LogP contribution in [-0.4, -0.2) is 52.8 Å². The van der Waals surface area contributed by atoms with Crippen molar-refractivity contribution in [1.82, 2.24) is 0 Å². The molecule has 5 fully saturated rings. The minimum Gasteiger partial charge on any atom is -0.472 e. The SMILES string of the molecule is CC(=O)O[C@H]1C[C@@H](OC(C)=O)C(C)(C)[C@@H]2C[C@@H](O)[C@]3(C)[C@H](CC[C@@]4(C)[C@H](c5ccoc5)CC(=O)[C@H]5O[C@@]534)[C@@]12C. The van der Waals surface area contributed by atoms with Crippen LogP contribution >= 0.6 is 0 Å². The molecular formula is C31H42O8. The first-order valence-corrected chi connectivity index (χ1v) is 14.4. The number of Topliss-reactive ketones (excluding diaryl/α,β-unsaturated/α-hetero) is 1. The molecule has 1 spiro atoms. The van der Waals surface area contributed by atoms with Crippen LogP contribution in [0, 0.1) is 33.5 Å². The molecule has 0 unspecified atom stereocenters. The van der Waals surface area contributed by atoms with Gasteiger partial charge in [0.2, 0.25) is 0 Å². The van der Waals surface area contributed by atoms with Gasteiger partial charge in [0.05, 0.1) is 18.6 Å². The molecule has 39 heavy (non-hydrogen) atoms. The zero-order valence-corrected chi connectivity index (χ0v) is 24.1. The highest BCUT2D eigenvalue weighted by Gasteiger charge is 2.87. The van der Waals surface area contributed by atoms with E-state index in [1.54, 1.807) is 12.5 Å². The number of aliphatic hydroxyl groups excluding tert-OH is 1. The van der Waals surface area contributed by atoms with E-state index in [0.717, 1.165) is 18.4 Å². The van der Waals surface area contributed by atoms with Crippen LogP contribution < -0.4 is 0 Å². The third kappa shape index (κ3) is 3.16. The molecule has 1 saturated heterocycles. The van der Waals surface area contributed by atoms with Gasteiger partial charge in [-0.25, -0.2) is 0 Å². The second-order valence-corrected chi connectivity index (χ2v) is 14.2. The third-order valence-electron chi connectivity index (χ3n) is 12.5. The van der Waals surface area contributed by atoms with E-state index in [1.807, 2.05) is 6.07 Å². The standard InChI is InChI=1S/C31H42O8/c1-16(32)37-24-14-25(38-17(2)33)29(6)21-8-10-28(5)19(18-9-11-36-15-18)12-20(34)26-31(28,39-26)30(21,7)23(35)13-22(29)27(24,3)4/h9,11,15,19,21-26,35H,8,10,12-14H2,1-7H3/t19-,21+,22-,23+,24+,25-,26+,28-,29+,30-,31+/m0/s1. The number of fused-ring (bicyclic) bond motifs is 3. The second kappa shape index (κ2) is 8.19. The van der Waals surface area contributed by atoms with Gasteiger partial charge in [0.25, 0.3) is 0 Å². The summed E-state index contributed by atoms with van der Waals surface area (Å²) in [6, 6.07) is 1.94. The summed E-state index contributed by atoms with van der Waals surface area (Å²) in [5.41, 5.74) is -1.97. The van der Waals surface area contributed by atoms with Gasteiger partial charge in [-0.15, -0.1) is 0 Å². The van der Waals surface area contributed by atoms with E-state index < -0.39 is 46.3 Å². The van der Waals surface area contributed by atoms with Crippen molar-refractivity contribution in [3.8, 4) is 0 Å². The molecule has 1 aliphatic heterocycles. The van der Waals surface area contributed by atoms with Crippen LogP contribution in [0.1, 0.15) is 92.1 Å². The van der Waals surface area contributed by atoms with Crippen molar-refractivity contribution < 1.29 is 38.1 Å². The predicted octanol–water partition coefficient (Wildman–Crippen LogP) is 4.58. The molecule has 11 atom stereocenters. The van der Waals surface area contributed by atoms with Crippen molar-refractivity contribution in [1.29, 1.82) is 0 Å². The average molecular weight is 543 g/mol. The van der Waals surface area contributed by atoms with Gasteiger partial charge < -0.3 is 23.7 Å². The minimum absolute atomic E-state index is 0.0709. The lowest BCUT2D eigenvalue weighted by Gasteiger charge is -2.71. The summed E-state index contributed by atoms with van der Waals surface area (Å²) in [5.74, 6) is -0.917. The predicted molar refractivity (Wildman–Crippen MR) is 139 cm³/mol. The molecule has 0 aromatic carbocycles. The molecule has 4 saturated carbocycles. The normalized spacial score (nSPS) is 49.5. The highest BCUT2D eigenvalue weighted by molar-refractivity contribution is 5.90. The summed E-state index contributed by atoms with van der Waals surface area (Å²) in [4.78, 5) is 38.0. The Morgan fingerprint density at radius 2 is 1.67 bits per heavy atom. The van der Waals surface area contributed by atoms with E-state index in [0.29, 0.717) is 19.3 Å². The molecular weight excluding hydrogens is 500 g/mol. The van der Waals surface area contributed by atoms with Crippen molar-refractivity contribution in [3.63, 3.8) is 0 Å². The maximum absolute atomic E-state index is 13.5. The number of furan rings is 1. The lowest BCUT2D eigenvalue weighted by Crippen LogP contribution is -2.75. The zero-order chi connectivity index (χ0) is 28.3. The van der Waals surface area contributed by atoms with Crippen LogP contribution in [0.25, 0.3) is 0 Å². The Morgan fingerprint density at radius 3 is 2.28 bits per heavy atom. The Kier molecular flexibility index (Phi) is 5.67. The van der Waals surface area contributed by atoms with E-state index in [1.165, 1.54) is 13.8 Å². The molecule has 5 aliphatic rings. The fourth-order valence-corrected chi connectivity index (χ4v) is 10.7. The molecule has 6 rings (SSSR count). The molecule has 4 aliphatic carbocycles. The Morgan fingerprint density at radius 1 is 1.00 bits per heavy atom. The first kappa shape index (κ1) is 27.0. The number of ether oxygens (including phenoxy) is 3. The first-order chi connectivity index (χ1) is 18.2. The number of hydrogen-bond acceptors (Lipinski definition) is 8. The van der Waals surface area contributed by atoms with Gasteiger partial charge in [0, 0.05) is 54.3 Å². The molecule has 1 aromatic rings. The van der Waals surface area contributed by atoms with E-state index in [4.69, 9.17) is 18.6 Å². The molecule has 8 heteroatoms. The summed E-state index contributed by atoms with van der Waals surface area (Å²) in [6.45, 7) is 13.6. The maximum atomic E-state index is 13.5. The largest absolute Gasteiger partial charge is 0.472 e. The number of hydrogen-bond donors (Lipinski definition) is 1. The van der Waals surface area contributed by atoms with Gasteiger partial charge in [-0.2, -0.15) is 0 Å². The van der Waals surface area contributed by atoms with Crippen LogP contribution in [0.15, 0.2) is 23.0 Å². The molecule has 0 amide bonds. The van der Waals surface area contributed by atoms with Crippen molar-refractivity contribution in [2.75, 3.05) is 0 Å². The van der Waals surface area contributed by atoms with Crippen LogP contribution in [-0.2, 0) is 28.6 Å². The quantitative estimate of drug-likeness (QED) is 0.436. The van der Waals surface area contributed by atoms with Gasteiger partial charge in [-0.1, -0.05) is 34.6 Å². The lowest BCUT2D eigenvalue weighted by atomic mass is 9.33. The molecule has 1 aromatic heterocycles. The number of esters is 2. The van der Waals surface area contributed by atoms with Gasteiger partial charge in [0.15, 0.2) is 5.78 Å². The van der Waals surface area contributed by atoms with Crippen molar-refractivity contribution in [2.24, 2.45) is 33.5 Å². The van der Waals surface area contributed by atoms with Crippen molar-refractivity contribution >= 4 is 17.7 Å². The van der Waals surface area contributed by atoms with E-state index >= 15 is 0 Å². The zero-order valence-electron chi connectivity index (χ0n) is 24.1. The summed E-state index contributed by atoms with van der Waals surface area (Å²) in [5, 5.41) is 12.2. The van der Waals surface area contributed by atoms with E-state index in [9.17, 15) is 19.5 Å². The smallest absolute Gasteiger partial charge is 0.302 e.